The predicted octanol–water partition coefficient (Wildman–Crippen LogP) is 3.49. The van der Waals surface area contributed by atoms with Gasteiger partial charge in [-0.25, -0.2) is 14.4 Å². The van der Waals surface area contributed by atoms with Gasteiger partial charge in [0.05, 0.1) is 49.2 Å². The van der Waals surface area contributed by atoms with Crippen molar-refractivity contribution in [2.45, 2.75) is 6.54 Å². The molecular weight excluding hydrogens is 377 g/mol. The molecule has 4 rings (SSSR count). The molecule has 8 nitrogen and oxygen atoms in total. The lowest BCUT2D eigenvalue weighted by Crippen LogP contribution is -1.97. The zero-order valence-electron chi connectivity index (χ0n) is 15.8. The van der Waals surface area contributed by atoms with E-state index in [2.05, 4.69) is 21.6 Å². The van der Waals surface area contributed by atoms with Crippen molar-refractivity contribution >= 4 is 10.9 Å². The summed E-state index contributed by atoms with van der Waals surface area (Å²) in [5, 5.41) is 15.2. The minimum absolute atomic E-state index is 0.0168. The molecule has 0 aromatic carbocycles. The van der Waals surface area contributed by atoms with Crippen molar-refractivity contribution in [3.63, 3.8) is 0 Å². The van der Waals surface area contributed by atoms with Gasteiger partial charge in [0, 0.05) is 24.2 Å². The average molecular weight is 395 g/mol. The molecule has 1 N–H and O–H groups in total. The molecule has 0 unspecified atom stereocenters. The second-order valence-corrected chi connectivity index (χ2v) is 6.30. The SMILES string of the molecule is C=C(F)Cn1cc(-n2cc3nc(-c4cnc(OC)c(OC)c4)ccc3c2O)cn1. The Labute approximate surface area is 165 Å². The Bertz CT molecular complexity index is 1210. The number of aromatic hydroxyl groups is 1. The van der Waals surface area contributed by atoms with Crippen molar-refractivity contribution < 1.29 is 19.0 Å². The third-order valence-electron chi connectivity index (χ3n) is 4.40. The Morgan fingerprint density at radius 1 is 1.21 bits per heavy atom. The monoisotopic (exact) mass is 395 g/mol. The molecule has 0 atom stereocenters. The van der Waals surface area contributed by atoms with E-state index >= 15 is 0 Å². The van der Waals surface area contributed by atoms with Crippen LogP contribution in [0.15, 0.2) is 55.4 Å². The van der Waals surface area contributed by atoms with Crippen LogP contribution in [0.4, 0.5) is 4.39 Å². The van der Waals surface area contributed by atoms with Crippen LogP contribution in [0.3, 0.4) is 0 Å². The lowest BCUT2D eigenvalue weighted by molar-refractivity contribution is 0.343. The van der Waals surface area contributed by atoms with Gasteiger partial charge in [0.25, 0.3) is 5.88 Å². The molecule has 0 saturated carbocycles. The zero-order chi connectivity index (χ0) is 20.5. The minimum Gasteiger partial charge on any atom is -0.494 e. The number of ether oxygens (including phenoxy) is 2. The van der Waals surface area contributed by atoms with Gasteiger partial charge in [0.15, 0.2) is 5.75 Å². The van der Waals surface area contributed by atoms with Crippen molar-refractivity contribution in [3.8, 4) is 34.5 Å². The summed E-state index contributed by atoms with van der Waals surface area (Å²) in [7, 11) is 3.06. The molecule has 0 aliphatic heterocycles. The predicted molar refractivity (Wildman–Crippen MR) is 105 cm³/mol. The number of nitrogens with zero attached hydrogens (tertiary/aromatic N) is 5. The second kappa shape index (κ2) is 7.27. The summed E-state index contributed by atoms with van der Waals surface area (Å²) < 4.78 is 26.4. The Balaban J connectivity index is 1.74. The average Bonchev–Trinajstić information content (AvgIpc) is 3.30. The van der Waals surface area contributed by atoms with Crippen LogP contribution in [-0.2, 0) is 6.54 Å². The fourth-order valence-corrected chi connectivity index (χ4v) is 3.04. The first-order valence-electron chi connectivity index (χ1n) is 8.65. The number of aromatic nitrogens is 5. The van der Waals surface area contributed by atoms with Gasteiger partial charge < -0.3 is 14.6 Å². The zero-order valence-corrected chi connectivity index (χ0v) is 15.8. The normalized spacial score (nSPS) is 11.0. The molecule has 4 aromatic rings. The molecule has 0 saturated heterocycles. The van der Waals surface area contributed by atoms with E-state index < -0.39 is 5.83 Å². The van der Waals surface area contributed by atoms with Crippen LogP contribution in [-0.4, -0.2) is 43.6 Å². The Kier molecular flexibility index (Phi) is 4.63. The van der Waals surface area contributed by atoms with E-state index in [-0.39, 0.29) is 12.4 Å². The van der Waals surface area contributed by atoms with Crippen molar-refractivity contribution in [3.05, 3.63) is 55.4 Å². The molecule has 0 bridgehead atoms. The van der Waals surface area contributed by atoms with E-state index in [9.17, 15) is 9.50 Å². The number of rotatable bonds is 6. The largest absolute Gasteiger partial charge is 0.494 e. The van der Waals surface area contributed by atoms with Crippen LogP contribution in [0, 0.1) is 0 Å². The van der Waals surface area contributed by atoms with Gasteiger partial charge in [0.2, 0.25) is 5.88 Å². The lowest BCUT2D eigenvalue weighted by atomic mass is 10.1. The summed E-state index contributed by atoms with van der Waals surface area (Å²) in [6.45, 7) is 3.19. The maximum absolute atomic E-state index is 13.0. The van der Waals surface area contributed by atoms with Crippen molar-refractivity contribution in [1.29, 1.82) is 0 Å². The summed E-state index contributed by atoms with van der Waals surface area (Å²) in [6.07, 6.45) is 6.47. The minimum atomic E-state index is -0.503. The Hall–Kier alpha value is -3.88. The highest BCUT2D eigenvalue weighted by molar-refractivity contribution is 5.87. The first-order valence-corrected chi connectivity index (χ1v) is 8.65. The van der Waals surface area contributed by atoms with Crippen molar-refractivity contribution in [2.24, 2.45) is 0 Å². The summed E-state index contributed by atoms with van der Waals surface area (Å²) in [6, 6.07) is 5.34. The molecule has 4 heterocycles. The lowest BCUT2D eigenvalue weighted by Gasteiger charge is -2.08. The van der Waals surface area contributed by atoms with Crippen molar-refractivity contribution in [1.82, 2.24) is 24.3 Å². The first kappa shape index (κ1) is 18.5. The van der Waals surface area contributed by atoms with Crippen LogP contribution in [0.2, 0.25) is 0 Å². The molecule has 0 amide bonds. The molecular formula is C20H18FN5O3. The van der Waals surface area contributed by atoms with Gasteiger partial charge in [-0.3, -0.25) is 9.25 Å². The van der Waals surface area contributed by atoms with Crippen molar-refractivity contribution in [2.75, 3.05) is 14.2 Å². The van der Waals surface area contributed by atoms with E-state index in [0.29, 0.717) is 33.9 Å². The van der Waals surface area contributed by atoms with Crippen LogP contribution in [0.5, 0.6) is 17.5 Å². The summed E-state index contributed by atoms with van der Waals surface area (Å²) in [5.74, 6) is 0.391. The standard InChI is InChI=1S/C20H18FN5O3/c1-12(21)9-25-10-14(8-23-25)26-11-17-15(20(26)27)4-5-16(24-17)13-6-18(28-2)19(29-3)22-7-13/h4-8,10-11,27H,1,9H2,2-3H3. The van der Waals surface area contributed by atoms with Gasteiger partial charge in [-0.1, -0.05) is 6.58 Å². The smallest absolute Gasteiger partial charge is 0.256 e. The number of halogens is 1. The van der Waals surface area contributed by atoms with Crippen LogP contribution in [0.25, 0.3) is 27.8 Å². The number of hydrogen-bond acceptors (Lipinski definition) is 6. The second-order valence-electron chi connectivity index (χ2n) is 6.30. The van der Waals surface area contributed by atoms with Gasteiger partial charge in [-0.15, -0.1) is 0 Å². The van der Waals surface area contributed by atoms with E-state index in [1.165, 1.54) is 25.1 Å². The maximum Gasteiger partial charge on any atom is 0.256 e. The fraction of sp³-hybridized carbons (Fsp3) is 0.150. The molecule has 0 fully saturated rings. The highest BCUT2D eigenvalue weighted by atomic mass is 19.1. The van der Waals surface area contributed by atoms with E-state index in [1.54, 1.807) is 41.4 Å². The summed E-state index contributed by atoms with van der Waals surface area (Å²) in [5.41, 5.74) is 2.56. The molecule has 0 aliphatic rings. The molecule has 0 spiro atoms. The first-order chi connectivity index (χ1) is 14.0. The van der Waals surface area contributed by atoms with Gasteiger partial charge in [-0.2, -0.15) is 5.10 Å². The topological polar surface area (TPSA) is 87.2 Å². The highest BCUT2D eigenvalue weighted by Gasteiger charge is 2.15. The molecule has 4 aromatic heterocycles. The number of allylic oxidation sites excluding steroid dienone is 1. The van der Waals surface area contributed by atoms with Crippen LogP contribution in [0.1, 0.15) is 0 Å². The maximum atomic E-state index is 13.0. The molecule has 0 aliphatic carbocycles. The summed E-state index contributed by atoms with van der Waals surface area (Å²) >= 11 is 0. The van der Waals surface area contributed by atoms with Crippen LogP contribution >= 0.6 is 0 Å². The van der Waals surface area contributed by atoms with Gasteiger partial charge in [-0.05, 0) is 18.2 Å². The van der Waals surface area contributed by atoms with Gasteiger partial charge >= 0.3 is 0 Å². The highest BCUT2D eigenvalue weighted by Crippen LogP contribution is 2.33. The van der Waals surface area contributed by atoms with Crippen LogP contribution < -0.4 is 9.47 Å². The van der Waals surface area contributed by atoms with Gasteiger partial charge in [0.1, 0.15) is 5.83 Å². The fourth-order valence-electron chi connectivity index (χ4n) is 3.04. The number of fused-ring (bicyclic) bond motifs is 1. The number of hydrogen-bond donors (Lipinski definition) is 1. The van der Waals surface area contributed by atoms with E-state index in [0.717, 1.165) is 5.56 Å². The molecule has 148 valence electrons. The Morgan fingerprint density at radius 2 is 2.03 bits per heavy atom. The quantitative estimate of drug-likeness (QED) is 0.538. The number of methoxy groups -OCH3 is 2. The Morgan fingerprint density at radius 3 is 2.76 bits per heavy atom. The van der Waals surface area contributed by atoms with E-state index in [1.807, 2.05) is 0 Å². The molecule has 29 heavy (non-hydrogen) atoms. The number of pyridine rings is 2. The van der Waals surface area contributed by atoms with E-state index in [4.69, 9.17) is 9.47 Å². The third kappa shape index (κ3) is 3.38. The molecule has 9 heteroatoms. The summed E-state index contributed by atoms with van der Waals surface area (Å²) in [4.78, 5) is 8.85. The molecule has 0 radical (unpaired) electrons. The third-order valence-corrected chi connectivity index (χ3v) is 4.40.